The first-order chi connectivity index (χ1) is 11.3. The van der Waals surface area contributed by atoms with Crippen molar-refractivity contribution >= 4 is 23.8 Å². The van der Waals surface area contributed by atoms with Crippen molar-refractivity contribution in [3.05, 3.63) is 66.2 Å². The fourth-order valence-corrected chi connectivity index (χ4v) is 2.71. The van der Waals surface area contributed by atoms with E-state index in [1.165, 1.54) is 18.1 Å². The Morgan fingerprint density at radius 2 is 1.83 bits per heavy atom. The van der Waals surface area contributed by atoms with Gasteiger partial charge in [-0.1, -0.05) is 30.3 Å². The average molecular weight is 328 g/mol. The summed E-state index contributed by atoms with van der Waals surface area (Å²) in [6, 6.07) is 18.0. The van der Waals surface area contributed by atoms with Crippen LogP contribution in [0.25, 0.3) is 6.08 Å². The SMILES string of the molecule is COC(=O)C=Cc1ccc(OCCCSc2ccccc2)cc1. The van der Waals surface area contributed by atoms with Gasteiger partial charge in [0.15, 0.2) is 0 Å². The Morgan fingerprint density at radius 3 is 2.52 bits per heavy atom. The molecule has 23 heavy (non-hydrogen) atoms. The number of hydrogen-bond acceptors (Lipinski definition) is 4. The van der Waals surface area contributed by atoms with Crippen LogP contribution < -0.4 is 4.74 Å². The summed E-state index contributed by atoms with van der Waals surface area (Å²) in [6.45, 7) is 0.692. The van der Waals surface area contributed by atoms with Crippen molar-refractivity contribution in [2.75, 3.05) is 19.5 Å². The number of esters is 1. The molecule has 0 radical (unpaired) electrons. The quantitative estimate of drug-likeness (QED) is 0.311. The van der Waals surface area contributed by atoms with Crippen molar-refractivity contribution in [1.29, 1.82) is 0 Å². The number of carbonyl (C=O) groups excluding carboxylic acids is 1. The van der Waals surface area contributed by atoms with Gasteiger partial charge in [-0.15, -0.1) is 11.8 Å². The number of thioether (sulfide) groups is 1. The van der Waals surface area contributed by atoms with Crippen LogP contribution in [0, 0.1) is 0 Å². The van der Waals surface area contributed by atoms with E-state index in [-0.39, 0.29) is 5.97 Å². The smallest absolute Gasteiger partial charge is 0.330 e. The normalized spacial score (nSPS) is 10.7. The minimum absolute atomic E-state index is 0.360. The maximum absolute atomic E-state index is 11.0. The maximum Gasteiger partial charge on any atom is 0.330 e. The molecule has 4 heteroatoms. The lowest BCUT2D eigenvalue weighted by atomic mass is 10.2. The zero-order valence-corrected chi connectivity index (χ0v) is 13.9. The van der Waals surface area contributed by atoms with Crippen LogP contribution in [0.5, 0.6) is 5.75 Å². The van der Waals surface area contributed by atoms with E-state index < -0.39 is 0 Å². The van der Waals surface area contributed by atoms with Gasteiger partial charge >= 0.3 is 5.97 Å². The fraction of sp³-hybridized carbons (Fsp3) is 0.211. The lowest BCUT2D eigenvalue weighted by molar-refractivity contribution is -0.134. The second-order valence-corrected chi connectivity index (χ2v) is 5.96. The van der Waals surface area contributed by atoms with E-state index >= 15 is 0 Å². The van der Waals surface area contributed by atoms with Crippen molar-refractivity contribution in [2.24, 2.45) is 0 Å². The molecule has 0 fully saturated rings. The lowest BCUT2D eigenvalue weighted by Gasteiger charge is -2.06. The van der Waals surface area contributed by atoms with Crippen molar-refractivity contribution in [3.63, 3.8) is 0 Å². The topological polar surface area (TPSA) is 35.5 Å². The van der Waals surface area contributed by atoms with Gasteiger partial charge < -0.3 is 9.47 Å². The van der Waals surface area contributed by atoms with E-state index in [0.29, 0.717) is 6.61 Å². The van der Waals surface area contributed by atoms with Gasteiger partial charge in [-0.2, -0.15) is 0 Å². The molecule has 2 rings (SSSR count). The van der Waals surface area contributed by atoms with Crippen molar-refractivity contribution in [3.8, 4) is 5.75 Å². The molecule has 0 aromatic heterocycles. The zero-order valence-electron chi connectivity index (χ0n) is 13.1. The van der Waals surface area contributed by atoms with E-state index in [1.807, 2.05) is 42.1 Å². The highest BCUT2D eigenvalue weighted by atomic mass is 32.2. The number of carbonyl (C=O) groups is 1. The molecule has 0 heterocycles. The molecule has 2 aromatic rings. The van der Waals surface area contributed by atoms with E-state index in [2.05, 4.69) is 29.0 Å². The molecule has 0 atom stereocenters. The molecule has 0 saturated heterocycles. The molecule has 0 amide bonds. The van der Waals surface area contributed by atoms with Crippen LogP contribution in [0.2, 0.25) is 0 Å². The lowest BCUT2D eigenvalue weighted by Crippen LogP contribution is -1.98. The Bertz CT molecular complexity index is 621. The van der Waals surface area contributed by atoms with Gasteiger partial charge in [-0.05, 0) is 42.3 Å². The summed E-state index contributed by atoms with van der Waals surface area (Å²) in [6.07, 6.45) is 4.10. The van der Waals surface area contributed by atoms with Crippen molar-refractivity contribution < 1.29 is 14.3 Å². The summed E-state index contributed by atoms with van der Waals surface area (Å²) >= 11 is 1.84. The van der Waals surface area contributed by atoms with E-state index in [4.69, 9.17) is 4.74 Å². The van der Waals surface area contributed by atoms with E-state index in [1.54, 1.807) is 6.08 Å². The van der Waals surface area contributed by atoms with Gasteiger partial charge in [0.2, 0.25) is 0 Å². The highest BCUT2D eigenvalue weighted by Gasteiger charge is 1.97. The van der Waals surface area contributed by atoms with Crippen molar-refractivity contribution in [2.45, 2.75) is 11.3 Å². The highest BCUT2D eigenvalue weighted by molar-refractivity contribution is 7.99. The van der Waals surface area contributed by atoms with Crippen LogP contribution in [0.3, 0.4) is 0 Å². The number of methoxy groups -OCH3 is 1. The van der Waals surface area contributed by atoms with E-state index in [0.717, 1.165) is 23.5 Å². The third-order valence-corrected chi connectivity index (χ3v) is 4.16. The average Bonchev–Trinajstić information content (AvgIpc) is 2.61. The van der Waals surface area contributed by atoms with Crippen LogP contribution in [-0.2, 0) is 9.53 Å². The van der Waals surface area contributed by atoms with Gasteiger partial charge in [-0.3, -0.25) is 0 Å². The Balaban J connectivity index is 1.68. The molecule has 0 saturated carbocycles. The predicted octanol–water partition coefficient (Wildman–Crippen LogP) is 4.43. The monoisotopic (exact) mass is 328 g/mol. The summed E-state index contributed by atoms with van der Waals surface area (Å²) in [4.78, 5) is 12.3. The fourth-order valence-electron chi connectivity index (χ4n) is 1.86. The second-order valence-electron chi connectivity index (χ2n) is 4.79. The summed E-state index contributed by atoms with van der Waals surface area (Å²) < 4.78 is 10.3. The second kappa shape index (κ2) is 9.74. The number of hydrogen-bond donors (Lipinski definition) is 0. The molecule has 120 valence electrons. The standard InChI is InChI=1S/C19H20O3S/c1-21-19(20)13-10-16-8-11-17(12-9-16)22-14-5-15-23-18-6-3-2-4-7-18/h2-4,6-13H,5,14-15H2,1H3. The number of ether oxygens (including phenoxy) is 2. The van der Waals surface area contributed by atoms with E-state index in [9.17, 15) is 4.79 Å². The number of rotatable bonds is 8. The zero-order chi connectivity index (χ0) is 16.3. The summed E-state index contributed by atoms with van der Waals surface area (Å²) in [7, 11) is 1.36. The van der Waals surface area contributed by atoms with Gasteiger partial charge in [0.25, 0.3) is 0 Å². The molecule has 0 aliphatic rings. The molecular formula is C19H20O3S. The Labute approximate surface area is 141 Å². The Kier molecular flexibility index (Phi) is 7.27. The predicted molar refractivity (Wildman–Crippen MR) is 94.8 cm³/mol. The maximum atomic E-state index is 11.0. The molecule has 0 aliphatic carbocycles. The molecule has 0 spiro atoms. The van der Waals surface area contributed by atoms with Gasteiger partial charge in [0.1, 0.15) is 5.75 Å². The third kappa shape index (κ3) is 6.61. The Hall–Kier alpha value is -2.20. The first-order valence-electron chi connectivity index (χ1n) is 7.44. The Morgan fingerprint density at radius 1 is 1.09 bits per heavy atom. The summed E-state index contributed by atoms with van der Waals surface area (Å²) in [5.41, 5.74) is 0.933. The van der Waals surface area contributed by atoms with Crippen LogP contribution in [0.4, 0.5) is 0 Å². The molecule has 0 aliphatic heterocycles. The highest BCUT2D eigenvalue weighted by Crippen LogP contribution is 2.18. The minimum atomic E-state index is -0.360. The van der Waals surface area contributed by atoms with Crippen molar-refractivity contribution in [1.82, 2.24) is 0 Å². The molecule has 2 aromatic carbocycles. The molecule has 3 nitrogen and oxygen atoms in total. The molecule has 0 bridgehead atoms. The summed E-state index contributed by atoms with van der Waals surface area (Å²) in [5.74, 6) is 1.51. The molecule has 0 N–H and O–H groups in total. The van der Waals surface area contributed by atoms with Gasteiger partial charge in [0, 0.05) is 16.7 Å². The number of benzene rings is 2. The van der Waals surface area contributed by atoms with Crippen LogP contribution in [0.15, 0.2) is 65.6 Å². The van der Waals surface area contributed by atoms with Crippen LogP contribution in [-0.4, -0.2) is 25.4 Å². The molecular weight excluding hydrogens is 308 g/mol. The van der Waals surface area contributed by atoms with Gasteiger partial charge in [-0.25, -0.2) is 4.79 Å². The summed E-state index contributed by atoms with van der Waals surface area (Å²) in [5, 5.41) is 0. The van der Waals surface area contributed by atoms with Gasteiger partial charge in [0.05, 0.1) is 13.7 Å². The largest absolute Gasteiger partial charge is 0.494 e. The third-order valence-electron chi connectivity index (χ3n) is 3.06. The first kappa shape index (κ1) is 17.2. The molecule has 0 unspecified atom stereocenters. The first-order valence-corrected chi connectivity index (χ1v) is 8.43. The van der Waals surface area contributed by atoms with Crippen LogP contribution in [0.1, 0.15) is 12.0 Å². The van der Waals surface area contributed by atoms with Crippen LogP contribution >= 0.6 is 11.8 Å². The minimum Gasteiger partial charge on any atom is -0.494 e.